The molecule has 0 aromatic carbocycles. The minimum Gasteiger partial charge on any atom is -0.381 e. The Bertz CT molecular complexity index is 387. The zero-order valence-electron chi connectivity index (χ0n) is 9.16. The predicted octanol–water partition coefficient (Wildman–Crippen LogP) is 2.90. The highest BCUT2D eigenvalue weighted by Crippen LogP contribution is 2.39. The highest BCUT2D eigenvalue weighted by Gasteiger charge is 2.28. The normalized spacial score (nSPS) is 22.3. The first-order valence-corrected chi connectivity index (χ1v) is 6.33. The molecule has 0 N–H and O–H groups in total. The first-order chi connectivity index (χ1) is 7.83. The zero-order valence-corrected chi connectivity index (χ0v) is 9.91. The molecule has 0 atom stereocenters. The van der Waals surface area contributed by atoms with Crippen molar-refractivity contribution in [2.24, 2.45) is 0 Å². The average Bonchev–Trinajstić information content (AvgIpc) is 3.13. The molecule has 0 bridgehead atoms. The van der Waals surface area contributed by atoms with Gasteiger partial charge in [-0.1, -0.05) is 11.6 Å². The molecule has 0 radical (unpaired) electrons. The number of hydrogen-bond acceptors (Lipinski definition) is 3. The van der Waals surface area contributed by atoms with Crippen LogP contribution in [0.25, 0.3) is 0 Å². The van der Waals surface area contributed by atoms with Gasteiger partial charge >= 0.3 is 0 Å². The Hall–Kier alpha value is -0.670. The van der Waals surface area contributed by atoms with Crippen LogP contribution in [0.5, 0.6) is 0 Å². The number of halogens is 1. The number of nitrogens with zero attached hydrogens (tertiary/aromatic N) is 2. The summed E-state index contributed by atoms with van der Waals surface area (Å²) in [6.45, 7) is 1.68. The maximum Gasteiger partial charge on any atom is 0.133 e. The summed E-state index contributed by atoms with van der Waals surface area (Å²) in [6, 6.07) is 1.92. The molecule has 1 aliphatic carbocycles. The molecule has 3 nitrogen and oxygen atoms in total. The van der Waals surface area contributed by atoms with Gasteiger partial charge in [0.2, 0.25) is 0 Å². The van der Waals surface area contributed by atoms with Crippen LogP contribution in [0.1, 0.15) is 49.0 Å². The minimum atomic E-state index is 0.506. The van der Waals surface area contributed by atoms with Gasteiger partial charge in [-0.3, -0.25) is 0 Å². The average molecular weight is 239 g/mol. The van der Waals surface area contributed by atoms with E-state index in [1.807, 2.05) is 6.07 Å². The van der Waals surface area contributed by atoms with Crippen molar-refractivity contribution in [2.45, 2.75) is 37.5 Å². The molecule has 0 amide bonds. The standard InChI is InChI=1S/C12H15ClN2O/c13-11-7-10(8-3-5-16-6-4-8)14-12(15-11)9-1-2-9/h7-9H,1-6H2. The van der Waals surface area contributed by atoms with E-state index in [4.69, 9.17) is 16.3 Å². The third kappa shape index (κ3) is 2.20. The van der Waals surface area contributed by atoms with E-state index in [-0.39, 0.29) is 0 Å². The van der Waals surface area contributed by atoms with E-state index in [0.29, 0.717) is 17.0 Å². The Labute approximate surface area is 100 Å². The Kier molecular flexibility index (Phi) is 2.82. The Balaban J connectivity index is 1.86. The van der Waals surface area contributed by atoms with Crippen LogP contribution < -0.4 is 0 Å². The summed E-state index contributed by atoms with van der Waals surface area (Å²) < 4.78 is 5.37. The lowest BCUT2D eigenvalue weighted by atomic mass is 9.96. The quantitative estimate of drug-likeness (QED) is 0.744. The van der Waals surface area contributed by atoms with Gasteiger partial charge in [0, 0.05) is 30.7 Å². The molecule has 86 valence electrons. The highest BCUT2D eigenvalue weighted by atomic mass is 35.5. The zero-order chi connectivity index (χ0) is 11.0. The van der Waals surface area contributed by atoms with Crippen molar-refractivity contribution in [3.63, 3.8) is 0 Å². The van der Waals surface area contributed by atoms with Crippen LogP contribution in [0.2, 0.25) is 5.15 Å². The second kappa shape index (κ2) is 4.30. The summed E-state index contributed by atoms with van der Waals surface area (Å²) in [6.07, 6.45) is 4.54. The van der Waals surface area contributed by atoms with Crippen molar-refractivity contribution in [1.29, 1.82) is 0 Å². The van der Waals surface area contributed by atoms with Crippen molar-refractivity contribution in [3.05, 3.63) is 22.7 Å². The topological polar surface area (TPSA) is 35.0 Å². The number of rotatable bonds is 2. The molecule has 16 heavy (non-hydrogen) atoms. The first-order valence-electron chi connectivity index (χ1n) is 5.95. The van der Waals surface area contributed by atoms with Crippen LogP contribution in [0.15, 0.2) is 6.07 Å². The van der Waals surface area contributed by atoms with Crippen LogP contribution in [0.3, 0.4) is 0 Å². The lowest BCUT2D eigenvalue weighted by molar-refractivity contribution is 0.0844. The number of ether oxygens (including phenoxy) is 1. The molecule has 3 rings (SSSR count). The van der Waals surface area contributed by atoms with Gasteiger partial charge < -0.3 is 4.74 Å². The molecular formula is C12H15ClN2O. The predicted molar refractivity (Wildman–Crippen MR) is 61.8 cm³/mol. The molecule has 2 heterocycles. The maximum atomic E-state index is 6.06. The van der Waals surface area contributed by atoms with Gasteiger partial charge in [-0.2, -0.15) is 0 Å². The second-order valence-electron chi connectivity index (χ2n) is 4.63. The summed E-state index contributed by atoms with van der Waals surface area (Å²) in [5.41, 5.74) is 1.12. The summed E-state index contributed by atoms with van der Waals surface area (Å²) in [5.74, 6) is 2.03. The van der Waals surface area contributed by atoms with Crippen molar-refractivity contribution < 1.29 is 4.74 Å². The lowest BCUT2D eigenvalue weighted by Crippen LogP contribution is -2.16. The summed E-state index contributed by atoms with van der Waals surface area (Å²) >= 11 is 6.06. The molecule has 1 aliphatic heterocycles. The van der Waals surface area contributed by atoms with E-state index < -0.39 is 0 Å². The van der Waals surface area contributed by atoms with Crippen LogP contribution in [0.4, 0.5) is 0 Å². The van der Waals surface area contributed by atoms with Gasteiger partial charge in [-0.25, -0.2) is 9.97 Å². The fraction of sp³-hybridized carbons (Fsp3) is 0.667. The van der Waals surface area contributed by atoms with E-state index in [0.717, 1.165) is 37.6 Å². The second-order valence-corrected chi connectivity index (χ2v) is 5.02. The molecule has 4 heteroatoms. The van der Waals surface area contributed by atoms with Gasteiger partial charge in [0.15, 0.2) is 0 Å². The molecule has 2 fully saturated rings. The van der Waals surface area contributed by atoms with Crippen LogP contribution in [-0.4, -0.2) is 23.2 Å². The fourth-order valence-corrected chi connectivity index (χ4v) is 2.38. The van der Waals surface area contributed by atoms with Crippen molar-refractivity contribution in [1.82, 2.24) is 9.97 Å². The highest BCUT2D eigenvalue weighted by molar-refractivity contribution is 6.29. The minimum absolute atomic E-state index is 0.506. The van der Waals surface area contributed by atoms with Gasteiger partial charge in [0.1, 0.15) is 11.0 Å². The van der Waals surface area contributed by atoms with Gasteiger partial charge in [-0.15, -0.1) is 0 Å². The molecule has 1 saturated heterocycles. The van der Waals surface area contributed by atoms with E-state index in [9.17, 15) is 0 Å². The maximum absolute atomic E-state index is 6.06. The molecule has 0 spiro atoms. The van der Waals surface area contributed by atoms with Crippen LogP contribution in [0, 0.1) is 0 Å². The molecule has 1 aromatic heterocycles. The summed E-state index contributed by atoms with van der Waals surface area (Å²) in [5, 5.41) is 0.596. The molecule has 2 aliphatic rings. The Morgan fingerprint density at radius 2 is 1.81 bits per heavy atom. The van der Waals surface area contributed by atoms with Crippen molar-refractivity contribution in [2.75, 3.05) is 13.2 Å². The van der Waals surface area contributed by atoms with E-state index in [2.05, 4.69) is 9.97 Å². The van der Waals surface area contributed by atoms with Crippen LogP contribution in [-0.2, 0) is 4.74 Å². The monoisotopic (exact) mass is 238 g/mol. The Morgan fingerprint density at radius 3 is 2.50 bits per heavy atom. The third-order valence-corrected chi connectivity index (χ3v) is 3.51. The van der Waals surface area contributed by atoms with Crippen molar-refractivity contribution >= 4 is 11.6 Å². The fourth-order valence-electron chi connectivity index (χ4n) is 2.18. The molecule has 0 unspecified atom stereocenters. The number of aromatic nitrogens is 2. The molecule has 1 saturated carbocycles. The Morgan fingerprint density at radius 1 is 1.06 bits per heavy atom. The van der Waals surface area contributed by atoms with E-state index in [1.165, 1.54) is 12.8 Å². The van der Waals surface area contributed by atoms with E-state index >= 15 is 0 Å². The SMILES string of the molecule is Clc1cc(C2CCOCC2)nc(C2CC2)n1. The molecule has 1 aromatic rings. The summed E-state index contributed by atoms with van der Waals surface area (Å²) in [7, 11) is 0. The first kappa shape index (κ1) is 10.5. The van der Waals surface area contributed by atoms with E-state index in [1.54, 1.807) is 0 Å². The van der Waals surface area contributed by atoms with Gasteiger partial charge in [-0.05, 0) is 31.7 Å². The number of hydrogen-bond donors (Lipinski definition) is 0. The lowest BCUT2D eigenvalue weighted by Gasteiger charge is -2.21. The summed E-state index contributed by atoms with van der Waals surface area (Å²) in [4.78, 5) is 8.98. The third-order valence-electron chi connectivity index (χ3n) is 3.31. The van der Waals surface area contributed by atoms with Gasteiger partial charge in [0.05, 0.1) is 0 Å². The largest absolute Gasteiger partial charge is 0.381 e. The van der Waals surface area contributed by atoms with Crippen LogP contribution >= 0.6 is 11.6 Å². The van der Waals surface area contributed by atoms with Gasteiger partial charge in [0.25, 0.3) is 0 Å². The molecular weight excluding hydrogens is 224 g/mol. The smallest absolute Gasteiger partial charge is 0.133 e. The van der Waals surface area contributed by atoms with Crippen molar-refractivity contribution in [3.8, 4) is 0 Å².